The molecular weight excluding hydrogens is 240 g/mol. The van der Waals surface area contributed by atoms with Gasteiger partial charge in [-0.15, -0.1) is 0 Å². The van der Waals surface area contributed by atoms with E-state index in [-0.39, 0.29) is 12.6 Å². The Labute approximate surface area is 114 Å². The van der Waals surface area contributed by atoms with Crippen LogP contribution in [0.15, 0.2) is 30.3 Å². The number of benzene rings is 1. The van der Waals surface area contributed by atoms with Crippen molar-refractivity contribution in [2.45, 2.75) is 38.7 Å². The number of ether oxygens (including phenoxy) is 1. The van der Waals surface area contributed by atoms with E-state index < -0.39 is 0 Å². The topological polar surface area (TPSA) is 46.5 Å². The molecule has 0 unspecified atom stereocenters. The summed E-state index contributed by atoms with van der Waals surface area (Å²) in [6, 6.07) is 9.75. The average Bonchev–Trinajstić information content (AvgIpc) is 2.47. The van der Waals surface area contributed by atoms with E-state index in [0.717, 1.165) is 31.2 Å². The molecule has 1 aliphatic carbocycles. The second-order valence-electron chi connectivity index (χ2n) is 5.42. The monoisotopic (exact) mass is 262 g/mol. The van der Waals surface area contributed by atoms with Crippen LogP contribution in [0.3, 0.4) is 0 Å². The van der Waals surface area contributed by atoms with Crippen LogP contribution in [0.25, 0.3) is 0 Å². The molecule has 0 atom stereocenters. The molecule has 1 saturated carbocycles. The molecule has 0 amide bonds. The summed E-state index contributed by atoms with van der Waals surface area (Å²) in [5.74, 6) is 0.777. The zero-order chi connectivity index (χ0) is 13.5. The lowest BCUT2D eigenvalue weighted by atomic mass is 9.81. The molecule has 0 aromatic heterocycles. The summed E-state index contributed by atoms with van der Waals surface area (Å²) >= 11 is 0. The van der Waals surface area contributed by atoms with Gasteiger partial charge in [0.25, 0.3) is 0 Å². The van der Waals surface area contributed by atoms with Crippen molar-refractivity contribution < 1.29 is 14.6 Å². The molecule has 1 fully saturated rings. The number of aliphatic hydroxyl groups is 1. The lowest BCUT2D eigenvalue weighted by Gasteiger charge is -2.26. The maximum atomic E-state index is 11.8. The number of aliphatic hydroxyl groups excluding tert-OH is 1. The number of esters is 1. The van der Waals surface area contributed by atoms with E-state index in [9.17, 15) is 4.79 Å². The Morgan fingerprint density at radius 1 is 1.11 bits per heavy atom. The number of carbonyl (C=O) groups is 1. The molecule has 1 aromatic rings. The van der Waals surface area contributed by atoms with Crippen LogP contribution in [0.1, 0.15) is 37.7 Å². The van der Waals surface area contributed by atoms with E-state index in [0.29, 0.717) is 24.9 Å². The first-order valence-electron chi connectivity index (χ1n) is 7.08. The molecule has 0 saturated heterocycles. The van der Waals surface area contributed by atoms with Crippen LogP contribution in [0.5, 0.6) is 0 Å². The van der Waals surface area contributed by atoms with Crippen molar-refractivity contribution >= 4 is 5.97 Å². The van der Waals surface area contributed by atoms with E-state index in [1.54, 1.807) is 0 Å². The van der Waals surface area contributed by atoms with Gasteiger partial charge in [-0.3, -0.25) is 4.79 Å². The van der Waals surface area contributed by atoms with Gasteiger partial charge in [0.05, 0.1) is 0 Å². The Morgan fingerprint density at radius 3 is 2.37 bits per heavy atom. The lowest BCUT2D eigenvalue weighted by Crippen LogP contribution is -2.20. The third-order valence-electron chi connectivity index (χ3n) is 3.92. The Balaban J connectivity index is 1.67. The van der Waals surface area contributed by atoms with Gasteiger partial charge in [0.2, 0.25) is 0 Å². The molecule has 0 spiro atoms. The van der Waals surface area contributed by atoms with Gasteiger partial charge in [-0.2, -0.15) is 0 Å². The van der Waals surface area contributed by atoms with Gasteiger partial charge in [0.1, 0.15) is 6.61 Å². The molecule has 0 radical (unpaired) electrons. The van der Waals surface area contributed by atoms with E-state index >= 15 is 0 Å². The molecule has 0 bridgehead atoms. The standard InChI is InChI=1S/C16H22O3/c17-11-14-8-6-13(7-9-14)10-16(18)19-12-15-4-2-1-3-5-15/h1-5,13-14,17H,6-12H2. The minimum Gasteiger partial charge on any atom is -0.461 e. The van der Waals surface area contributed by atoms with Crippen LogP contribution < -0.4 is 0 Å². The Hall–Kier alpha value is -1.35. The summed E-state index contributed by atoms with van der Waals surface area (Å²) in [5.41, 5.74) is 1.03. The molecule has 1 aliphatic rings. The van der Waals surface area contributed by atoms with Gasteiger partial charge in [-0.1, -0.05) is 30.3 Å². The highest BCUT2D eigenvalue weighted by Crippen LogP contribution is 2.30. The summed E-state index contributed by atoms with van der Waals surface area (Å²) in [5, 5.41) is 9.08. The van der Waals surface area contributed by atoms with Gasteiger partial charge in [0, 0.05) is 13.0 Å². The molecule has 1 aromatic carbocycles. The second kappa shape index (κ2) is 7.29. The average molecular weight is 262 g/mol. The van der Waals surface area contributed by atoms with Crippen molar-refractivity contribution in [2.75, 3.05) is 6.61 Å². The fraction of sp³-hybridized carbons (Fsp3) is 0.562. The summed E-state index contributed by atoms with van der Waals surface area (Å²) in [7, 11) is 0. The molecule has 3 nitrogen and oxygen atoms in total. The maximum absolute atomic E-state index is 11.8. The van der Waals surface area contributed by atoms with Crippen LogP contribution in [-0.2, 0) is 16.1 Å². The van der Waals surface area contributed by atoms with E-state index in [4.69, 9.17) is 9.84 Å². The molecular formula is C16H22O3. The Bertz CT molecular complexity index is 380. The van der Waals surface area contributed by atoms with Gasteiger partial charge >= 0.3 is 5.97 Å². The zero-order valence-corrected chi connectivity index (χ0v) is 11.3. The molecule has 0 heterocycles. The van der Waals surface area contributed by atoms with Crippen molar-refractivity contribution in [1.29, 1.82) is 0 Å². The van der Waals surface area contributed by atoms with Crippen LogP contribution in [-0.4, -0.2) is 17.7 Å². The highest BCUT2D eigenvalue weighted by atomic mass is 16.5. The maximum Gasteiger partial charge on any atom is 0.306 e. The van der Waals surface area contributed by atoms with Crippen molar-refractivity contribution in [3.05, 3.63) is 35.9 Å². The molecule has 3 heteroatoms. The van der Waals surface area contributed by atoms with Gasteiger partial charge < -0.3 is 9.84 Å². The first-order valence-corrected chi connectivity index (χ1v) is 7.08. The quantitative estimate of drug-likeness (QED) is 0.830. The van der Waals surface area contributed by atoms with Gasteiger partial charge in [0.15, 0.2) is 0 Å². The van der Waals surface area contributed by atoms with Crippen LogP contribution >= 0.6 is 0 Å². The summed E-state index contributed by atoms with van der Waals surface area (Å²) < 4.78 is 5.30. The van der Waals surface area contributed by atoms with Crippen LogP contribution in [0.2, 0.25) is 0 Å². The SMILES string of the molecule is O=C(CC1CCC(CO)CC1)OCc1ccccc1. The predicted octanol–water partition coefficient (Wildman–Crippen LogP) is 2.92. The number of rotatable bonds is 5. The molecule has 19 heavy (non-hydrogen) atoms. The van der Waals surface area contributed by atoms with Gasteiger partial charge in [-0.25, -0.2) is 0 Å². The first kappa shape index (κ1) is 14.1. The van der Waals surface area contributed by atoms with Crippen LogP contribution in [0.4, 0.5) is 0 Å². The van der Waals surface area contributed by atoms with E-state index in [1.807, 2.05) is 30.3 Å². The van der Waals surface area contributed by atoms with Crippen LogP contribution in [0, 0.1) is 11.8 Å². The minimum absolute atomic E-state index is 0.101. The van der Waals surface area contributed by atoms with Crippen molar-refractivity contribution in [3.8, 4) is 0 Å². The van der Waals surface area contributed by atoms with E-state index in [1.165, 1.54) is 0 Å². The van der Waals surface area contributed by atoms with E-state index in [2.05, 4.69) is 0 Å². The highest BCUT2D eigenvalue weighted by Gasteiger charge is 2.23. The normalized spacial score (nSPS) is 23.0. The number of hydrogen-bond donors (Lipinski definition) is 1. The van der Waals surface area contributed by atoms with Gasteiger partial charge in [-0.05, 0) is 43.1 Å². The number of carbonyl (C=O) groups excluding carboxylic acids is 1. The summed E-state index contributed by atoms with van der Waals surface area (Å²) in [6.07, 6.45) is 4.66. The molecule has 2 rings (SSSR count). The lowest BCUT2D eigenvalue weighted by molar-refractivity contribution is -0.146. The third kappa shape index (κ3) is 4.67. The molecule has 1 N–H and O–H groups in total. The Morgan fingerprint density at radius 2 is 1.74 bits per heavy atom. The molecule has 0 aliphatic heterocycles. The largest absolute Gasteiger partial charge is 0.461 e. The summed E-state index contributed by atoms with van der Waals surface area (Å²) in [6.45, 7) is 0.650. The Kier molecular flexibility index (Phi) is 5.40. The fourth-order valence-electron chi connectivity index (χ4n) is 2.65. The van der Waals surface area contributed by atoms with Crippen molar-refractivity contribution in [2.24, 2.45) is 11.8 Å². The number of hydrogen-bond acceptors (Lipinski definition) is 3. The second-order valence-corrected chi connectivity index (χ2v) is 5.42. The minimum atomic E-state index is -0.101. The third-order valence-corrected chi connectivity index (χ3v) is 3.92. The smallest absolute Gasteiger partial charge is 0.306 e. The fourth-order valence-corrected chi connectivity index (χ4v) is 2.65. The predicted molar refractivity (Wildman–Crippen MR) is 73.4 cm³/mol. The summed E-state index contributed by atoms with van der Waals surface area (Å²) in [4.78, 5) is 11.8. The highest BCUT2D eigenvalue weighted by molar-refractivity contribution is 5.69. The zero-order valence-electron chi connectivity index (χ0n) is 11.3. The van der Waals surface area contributed by atoms with Crippen molar-refractivity contribution in [1.82, 2.24) is 0 Å². The molecule has 104 valence electrons. The first-order chi connectivity index (χ1) is 9.28. The van der Waals surface area contributed by atoms with Crippen molar-refractivity contribution in [3.63, 3.8) is 0 Å².